The molecule has 0 aromatic carbocycles. The summed E-state index contributed by atoms with van der Waals surface area (Å²) in [6, 6.07) is 6.39. The molecule has 0 unspecified atom stereocenters. The van der Waals surface area contributed by atoms with Gasteiger partial charge < -0.3 is 10.2 Å². The van der Waals surface area contributed by atoms with Crippen molar-refractivity contribution in [2.75, 3.05) is 18.0 Å². The highest BCUT2D eigenvalue weighted by molar-refractivity contribution is 5.39. The van der Waals surface area contributed by atoms with E-state index in [1.54, 1.807) is 0 Å². The molecule has 19 heavy (non-hydrogen) atoms. The van der Waals surface area contributed by atoms with E-state index in [9.17, 15) is 0 Å². The van der Waals surface area contributed by atoms with Gasteiger partial charge in [0.25, 0.3) is 0 Å². The molecule has 0 atom stereocenters. The molecule has 1 aromatic rings. The number of nitrogens with zero attached hydrogens (tertiary/aromatic N) is 2. The Hall–Kier alpha value is -1.09. The predicted octanol–water partition coefficient (Wildman–Crippen LogP) is 3.35. The normalized spacial score (nSPS) is 17.3. The molecule has 1 aliphatic rings. The van der Waals surface area contributed by atoms with Gasteiger partial charge >= 0.3 is 0 Å². The number of aromatic nitrogens is 1. The molecule has 0 aliphatic carbocycles. The van der Waals surface area contributed by atoms with Crippen LogP contribution in [0.3, 0.4) is 0 Å². The lowest BCUT2D eigenvalue weighted by molar-refractivity contribution is 0.421. The van der Waals surface area contributed by atoms with Gasteiger partial charge in [-0.3, -0.25) is 0 Å². The number of anilines is 1. The highest BCUT2D eigenvalue weighted by Gasteiger charge is 2.12. The summed E-state index contributed by atoms with van der Waals surface area (Å²) < 4.78 is 0. The Bertz CT molecular complexity index is 387. The third-order valence-corrected chi connectivity index (χ3v) is 3.52. The minimum atomic E-state index is 0.139. The van der Waals surface area contributed by atoms with Gasteiger partial charge in [0.05, 0.1) is 5.69 Å². The van der Waals surface area contributed by atoms with E-state index in [-0.39, 0.29) is 5.54 Å². The second-order valence-corrected chi connectivity index (χ2v) is 6.49. The Morgan fingerprint density at radius 1 is 1.11 bits per heavy atom. The number of nitrogens with one attached hydrogen (secondary N) is 1. The van der Waals surface area contributed by atoms with Crippen molar-refractivity contribution in [1.29, 1.82) is 0 Å². The summed E-state index contributed by atoms with van der Waals surface area (Å²) in [6.07, 6.45) is 5.32. The van der Waals surface area contributed by atoms with Crippen molar-refractivity contribution in [2.45, 2.75) is 58.5 Å². The largest absolute Gasteiger partial charge is 0.357 e. The Morgan fingerprint density at radius 3 is 2.42 bits per heavy atom. The van der Waals surface area contributed by atoms with Crippen molar-refractivity contribution in [3.8, 4) is 0 Å². The molecule has 0 spiro atoms. The zero-order valence-electron chi connectivity index (χ0n) is 12.6. The molecule has 1 aromatic heterocycles. The molecule has 0 saturated carbocycles. The van der Waals surface area contributed by atoms with Gasteiger partial charge in [0.2, 0.25) is 0 Å². The van der Waals surface area contributed by atoms with E-state index in [1.807, 2.05) is 0 Å². The Kier molecular flexibility index (Phi) is 4.81. The second kappa shape index (κ2) is 6.38. The van der Waals surface area contributed by atoms with Crippen LogP contribution in [0.25, 0.3) is 0 Å². The molecule has 1 N–H and O–H groups in total. The lowest BCUT2D eigenvalue weighted by atomic mass is 10.1. The van der Waals surface area contributed by atoms with Crippen LogP contribution in [-0.4, -0.2) is 23.6 Å². The van der Waals surface area contributed by atoms with Gasteiger partial charge in [-0.2, -0.15) is 0 Å². The molecule has 3 nitrogen and oxygen atoms in total. The second-order valence-electron chi connectivity index (χ2n) is 6.49. The molecule has 1 saturated heterocycles. The number of pyridine rings is 1. The van der Waals surface area contributed by atoms with E-state index >= 15 is 0 Å². The smallest absolute Gasteiger partial charge is 0.128 e. The molecule has 2 heterocycles. The van der Waals surface area contributed by atoms with E-state index in [4.69, 9.17) is 4.98 Å². The quantitative estimate of drug-likeness (QED) is 0.904. The molecule has 3 heteroatoms. The number of hydrogen-bond donors (Lipinski definition) is 1. The van der Waals surface area contributed by atoms with Crippen LogP contribution in [0.5, 0.6) is 0 Å². The first-order chi connectivity index (χ1) is 9.04. The standard InChI is InChI=1S/C16H27N3/c1-16(2,3)17-13-14-9-8-10-15(18-14)19-11-6-4-5-7-12-19/h8-10,17H,4-7,11-13H2,1-3H3. The van der Waals surface area contributed by atoms with Crippen molar-refractivity contribution in [3.05, 3.63) is 23.9 Å². The minimum absolute atomic E-state index is 0.139. The van der Waals surface area contributed by atoms with Crippen molar-refractivity contribution >= 4 is 5.82 Å². The maximum atomic E-state index is 4.80. The van der Waals surface area contributed by atoms with Crippen molar-refractivity contribution in [3.63, 3.8) is 0 Å². The first-order valence-electron chi connectivity index (χ1n) is 7.50. The van der Waals surface area contributed by atoms with E-state index in [0.717, 1.165) is 31.1 Å². The third kappa shape index (κ3) is 4.83. The zero-order valence-corrected chi connectivity index (χ0v) is 12.6. The fraction of sp³-hybridized carbons (Fsp3) is 0.688. The van der Waals surface area contributed by atoms with Gasteiger partial charge in [0, 0.05) is 25.2 Å². The van der Waals surface area contributed by atoms with Crippen LogP contribution >= 0.6 is 0 Å². The SMILES string of the molecule is CC(C)(C)NCc1cccc(N2CCCCCC2)n1. The summed E-state index contributed by atoms with van der Waals surface area (Å²) >= 11 is 0. The Balaban J connectivity index is 2.01. The topological polar surface area (TPSA) is 28.2 Å². The highest BCUT2D eigenvalue weighted by Crippen LogP contribution is 2.17. The van der Waals surface area contributed by atoms with Crippen LogP contribution in [0, 0.1) is 0 Å². The molecule has 0 amide bonds. The van der Waals surface area contributed by atoms with E-state index in [2.05, 4.69) is 49.2 Å². The van der Waals surface area contributed by atoms with E-state index < -0.39 is 0 Å². The Labute approximate surface area is 117 Å². The molecule has 0 radical (unpaired) electrons. The van der Waals surface area contributed by atoms with E-state index in [1.165, 1.54) is 25.7 Å². The van der Waals surface area contributed by atoms with E-state index in [0.29, 0.717) is 0 Å². The molecule has 1 fully saturated rings. The first-order valence-corrected chi connectivity index (χ1v) is 7.50. The van der Waals surface area contributed by atoms with Gasteiger partial charge in [-0.1, -0.05) is 18.9 Å². The first kappa shape index (κ1) is 14.3. The lowest BCUT2D eigenvalue weighted by Crippen LogP contribution is -2.35. The zero-order chi connectivity index (χ0) is 13.7. The molecular weight excluding hydrogens is 234 g/mol. The maximum Gasteiger partial charge on any atom is 0.128 e. The minimum Gasteiger partial charge on any atom is -0.357 e. The fourth-order valence-electron chi connectivity index (χ4n) is 2.40. The van der Waals surface area contributed by atoms with Crippen LogP contribution in [0.1, 0.15) is 52.1 Å². The molecular formula is C16H27N3. The van der Waals surface area contributed by atoms with Gasteiger partial charge in [0.1, 0.15) is 5.82 Å². The van der Waals surface area contributed by atoms with Crippen LogP contribution in [0.15, 0.2) is 18.2 Å². The maximum absolute atomic E-state index is 4.80. The Morgan fingerprint density at radius 2 is 1.79 bits per heavy atom. The predicted molar refractivity (Wildman–Crippen MR) is 81.5 cm³/mol. The summed E-state index contributed by atoms with van der Waals surface area (Å²) in [6.45, 7) is 9.71. The average molecular weight is 261 g/mol. The van der Waals surface area contributed by atoms with Gasteiger partial charge in [-0.05, 0) is 45.7 Å². The fourth-order valence-corrected chi connectivity index (χ4v) is 2.40. The van der Waals surface area contributed by atoms with Gasteiger partial charge in [-0.15, -0.1) is 0 Å². The van der Waals surface area contributed by atoms with Crippen molar-refractivity contribution in [2.24, 2.45) is 0 Å². The number of hydrogen-bond acceptors (Lipinski definition) is 3. The molecule has 106 valence electrons. The summed E-state index contributed by atoms with van der Waals surface area (Å²) in [5.41, 5.74) is 1.27. The van der Waals surface area contributed by atoms with Crippen LogP contribution in [-0.2, 0) is 6.54 Å². The van der Waals surface area contributed by atoms with Crippen LogP contribution in [0.4, 0.5) is 5.82 Å². The average Bonchev–Trinajstić information content (AvgIpc) is 2.65. The van der Waals surface area contributed by atoms with Gasteiger partial charge in [-0.25, -0.2) is 4.98 Å². The number of rotatable bonds is 3. The van der Waals surface area contributed by atoms with Crippen molar-refractivity contribution in [1.82, 2.24) is 10.3 Å². The van der Waals surface area contributed by atoms with Crippen LogP contribution in [0.2, 0.25) is 0 Å². The molecule has 2 rings (SSSR count). The summed E-state index contributed by atoms with van der Waals surface area (Å²) in [5.74, 6) is 1.15. The summed E-state index contributed by atoms with van der Waals surface area (Å²) in [5, 5.41) is 3.50. The van der Waals surface area contributed by atoms with Gasteiger partial charge in [0.15, 0.2) is 0 Å². The highest BCUT2D eigenvalue weighted by atomic mass is 15.2. The summed E-state index contributed by atoms with van der Waals surface area (Å²) in [7, 11) is 0. The monoisotopic (exact) mass is 261 g/mol. The molecule has 1 aliphatic heterocycles. The van der Waals surface area contributed by atoms with Crippen LogP contribution < -0.4 is 10.2 Å². The lowest BCUT2D eigenvalue weighted by Gasteiger charge is -2.23. The third-order valence-electron chi connectivity index (χ3n) is 3.52. The van der Waals surface area contributed by atoms with Crippen molar-refractivity contribution < 1.29 is 0 Å². The molecule has 0 bridgehead atoms. The summed E-state index contributed by atoms with van der Waals surface area (Å²) in [4.78, 5) is 7.24.